The van der Waals surface area contributed by atoms with Gasteiger partial charge in [-0.1, -0.05) is 29.8 Å². The highest BCUT2D eigenvalue weighted by Gasteiger charge is 2.12. The van der Waals surface area contributed by atoms with E-state index in [0.717, 1.165) is 0 Å². The van der Waals surface area contributed by atoms with Gasteiger partial charge >= 0.3 is 0 Å². The van der Waals surface area contributed by atoms with Gasteiger partial charge in [-0.2, -0.15) is 0 Å². The molecular formula is C12H17NO. The molecule has 1 aromatic rings. The first-order valence-electron chi connectivity index (χ1n) is 4.82. The molecule has 0 fully saturated rings. The topological polar surface area (TPSA) is 20.3 Å². The van der Waals surface area contributed by atoms with Gasteiger partial charge in [0.2, 0.25) is 5.91 Å². The lowest BCUT2D eigenvalue weighted by molar-refractivity contribution is -0.129. The Hall–Kier alpha value is -1.31. The van der Waals surface area contributed by atoms with Crippen molar-refractivity contribution in [3.8, 4) is 0 Å². The number of carbonyl (C=O) groups is 1. The average molecular weight is 191 g/mol. The second-order valence-electron chi connectivity index (χ2n) is 3.72. The lowest BCUT2D eigenvalue weighted by Crippen LogP contribution is -2.27. The summed E-state index contributed by atoms with van der Waals surface area (Å²) in [7, 11) is 1.83. The summed E-state index contributed by atoms with van der Waals surface area (Å²) in [5.74, 6) is 0.0954. The van der Waals surface area contributed by atoms with Crippen molar-refractivity contribution < 1.29 is 4.79 Å². The minimum absolute atomic E-state index is 0.0954. The lowest BCUT2D eigenvalue weighted by Gasteiger charge is -2.23. The Kier molecular flexibility index (Phi) is 3.28. The second-order valence-corrected chi connectivity index (χ2v) is 3.72. The highest BCUT2D eigenvalue weighted by atomic mass is 16.2. The highest BCUT2D eigenvalue weighted by Crippen LogP contribution is 2.18. The Balaban J connectivity index is 2.84. The minimum atomic E-state index is 0.0954. The molecule has 0 heterocycles. The van der Waals surface area contributed by atoms with Crippen LogP contribution in [0.5, 0.6) is 0 Å². The van der Waals surface area contributed by atoms with E-state index >= 15 is 0 Å². The smallest absolute Gasteiger partial charge is 0.219 e. The summed E-state index contributed by atoms with van der Waals surface area (Å²) in [5, 5.41) is 0. The molecule has 76 valence electrons. The SMILES string of the molecule is CC(=O)N(C)[C@H](C)c1ccc(C)cc1. The summed E-state index contributed by atoms with van der Waals surface area (Å²) in [5.41, 5.74) is 2.42. The normalized spacial score (nSPS) is 12.3. The van der Waals surface area contributed by atoms with Crippen molar-refractivity contribution in [2.24, 2.45) is 0 Å². The van der Waals surface area contributed by atoms with Crippen LogP contribution in [0.2, 0.25) is 0 Å². The van der Waals surface area contributed by atoms with Gasteiger partial charge in [-0.3, -0.25) is 4.79 Å². The molecule has 0 aliphatic heterocycles. The molecule has 1 rings (SSSR count). The van der Waals surface area contributed by atoms with E-state index in [-0.39, 0.29) is 11.9 Å². The summed E-state index contributed by atoms with van der Waals surface area (Å²) in [6.45, 7) is 5.68. The van der Waals surface area contributed by atoms with Gasteiger partial charge in [-0.15, -0.1) is 0 Å². The van der Waals surface area contributed by atoms with E-state index in [2.05, 4.69) is 31.2 Å². The van der Waals surface area contributed by atoms with Crippen molar-refractivity contribution in [1.82, 2.24) is 4.90 Å². The van der Waals surface area contributed by atoms with Crippen LogP contribution in [0.1, 0.15) is 31.0 Å². The molecular weight excluding hydrogens is 174 g/mol. The van der Waals surface area contributed by atoms with E-state index in [1.54, 1.807) is 11.8 Å². The quantitative estimate of drug-likeness (QED) is 0.703. The Labute approximate surface area is 85.5 Å². The van der Waals surface area contributed by atoms with Gasteiger partial charge in [0.05, 0.1) is 6.04 Å². The maximum absolute atomic E-state index is 11.2. The molecule has 0 N–H and O–H groups in total. The van der Waals surface area contributed by atoms with Gasteiger partial charge in [0, 0.05) is 14.0 Å². The summed E-state index contributed by atoms with van der Waals surface area (Å²) in [6.07, 6.45) is 0. The van der Waals surface area contributed by atoms with Crippen LogP contribution in [-0.2, 0) is 4.79 Å². The Morgan fingerprint density at radius 2 is 1.79 bits per heavy atom. The van der Waals surface area contributed by atoms with Crippen LogP contribution in [0, 0.1) is 6.92 Å². The fourth-order valence-corrected chi connectivity index (χ4v) is 1.34. The second kappa shape index (κ2) is 4.27. The van der Waals surface area contributed by atoms with Gasteiger partial charge in [-0.25, -0.2) is 0 Å². The summed E-state index contributed by atoms with van der Waals surface area (Å²) >= 11 is 0. The number of hydrogen-bond acceptors (Lipinski definition) is 1. The number of nitrogens with zero attached hydrogens (tertiary/aromatic N) is 1. The van der Waals surface area contributed by atoms with Crippen molar-refractivity contribution >= 4 is 5.91 Å². The third kappa shape index (κ3) is 2.34. The molecule has 0 aliphatic rings. The first-order chi connectivity index (χ1) is 6.52. The van der Waals surface area contributed by atoms with Crippen LogP contribution >= 0.6 is 0 Å². The van der Waals surface area contributed by atoms with Gasteiger partial charge in [0.15, 0.2) is 0 Å². The molecule has 0 aliphatic carbocycles. The zero-order chi connectivity index (χ0) is 10.7. The van der Waals surface area contributed by atoms with Gasteiger partial charge in [0.25, 0.3) is 0 Å². The first kappa shape index (κ1) is 10.8. The summed E-state index contributed by atoms with van der Waals surface area (Å²) < 4.78 is 0. The number of benzene rings is 1. The third-order valence-electron chi connectivity index (χ3n) is 2.64. The fraction of sp³-hybridized carbons (Fsp3) is 0.417. The zero-order valence-corrected chi connectivity index (χ0v) is 9.24. The van der Waals surface area contributed by atoms with Gasteiger partial charge in [-0.05, 0) is 19.4 Å². The minimum Gasteiger partial charge on any atom is -0.339 e. The number of amides is 1. The monoisotopic (exact) mass is 191 g/mol. The molecule has 2 heteroatoms. The molecule has 14 heavy (non-hydrogen) atoms. The molecule has 1 aromatic carbocycles. The Bertz CT molecular complexity index is 316. The molecule has 0 unspecified atom stereocenters. The lowest BCUT2D eigenvalue weighted by atomic mass is 10.1. The van der Waals surface area contributed by atoms with Gasteiger partial charge < -0.3 is 4.90 Å². The standard InChI is InChI=1S/C12H17NO/c1-9-5-7-12(8-6-9)10(2)13(4)11(3)14/h5-8,10H,1-4H3/t10-/m1/s1. The molecule has 1 atom stereocenters. The number of carbonyl (C=O) groups excluding carboxylic acids is 1. The molecule has 2 nitrogen and oxygen atoms in total. The van der Waals surface area contributed by atoms with Crippen molar-refractivity contribution in [3.05, 3.63) is 35.4 Å². The Morgan fingerprint density at radius 3 is 2.21 bits per heavy atom. The molecule has 0 aromatic heterocycles. The third-order valence-corrected chi connectivity index (χ3v) is 2.64. The molecule has 0 bridgehead atoms. The highest BCUT2D eigenvalue weighted by molar-refractivity contribution is 5.73. The van der Waals surface area contributed by atoms with Crippen LogP contribution < -0.4 is 0 Å². The van der Waals surface area contributed by atoms with Crippen LogP contribution in [-0.4, -0.2) is 17.9 Å². The molecule has 0 spiro atoms. The van der Waals surface area contributed by atoms with E-state index in [4.69, 9.17) is 0 Å². The largest absolute Gasteiger partial charge is 0.339 e. The van der Waals surface area contributed by atoms with Crippen molar-refractivity contribution in [1.29, 1.82) is 0 Å². The van der Waals surface area contributed by atoms with E-state index in [1.807, 2.05) is 14.0 Å². The molecule has 0 radical (unpaired) electrons. The van der Waals surface area contributed by atoms with E-state index in [1.165, 1.54) is 11.1 Å². The maximum atomic E-state index is 11.2. The van der Waals surface area contributed by atoms with E-state index < -0.39 is 0 Å². The fourth-order valence-electron chi connectivity index (χ4n) is 1.34. The molecule has 0 saturated carbocycles. The van der Waals surface area contributed by atoms with Crippen LogP contribution in [0.4, 0.5) is 0 Å². The summed E-state index contributed by atoms with van der Waals surface area (Å²) in [6, 6.07) is 8.42. The van der Waals surface area contributed by atoms with Crippen LogP contribution in [0.25, 0.3) is 0 Å². The van der Waals surface area contributed by atoms with E-state index in [9.17, 15) is 4.79 Å². The summed E-state index contributed by atoms with van der Waals surface area (Å²) in [4.78, 5) is 12.9. The number of aryl methyl sites for hydroxylation is 1. The van der Waals surface area contributed by atoms with E-state index in [0.29, 0.717) is 0 Å². The molecule has 0 saturated heterocycles. The predicted octanol–water partition coefficient (Wildman–Crippen LogP) is 2.53. The maximum Gasteiger partial charge on any atom is 0.219 e. The van der Waals surface area contributed by atoms with Crippen LogP contribution in [0.3, 0.4) is 0 Å². The van der Waals surface area contributed by atoms with Crippen LogP contribution in [0.15, 0.2) is 24.3 Å². The number of hydrogen-bond donors (Lipinski definition) is 0. The predicted molar refractivity (Wildman–Crippen MR) is 58.0 cm³/mol. The van der Waals surface area contributed by atoms with Crippen molar-refractivity contribution in [2.75, 3.05) is 7.05 Å². The Morgan fingerprint density at radius 1 is 1.29 bits per heavy atom. The molecule has 1 amide bonds. The van der Waals surface area contributed by atoms with Crippen molar-refractivity contribution in [2.45, 2.75) is 26.8 Å². The average Bonchev–Trinajstić information content (AvgIpc) is 2.16. The van der Waals surface area contributed by atoms with Gasteiger partial charge in [0.1, 0.15) is 0 Å². The zero-order valence-electron chi connectivity index (χ0n) is 9.24. The van der Waals surface area contributed by atoms with Crippen molar-refractivity contribution in [3.63, 3.8) is 0 Å². The first-order valence-corrected chi connectivity index (χ1v) is 4.82. The number of rotatable bonds is 2.